The number of aryl methyl sites for hydroxylation is 4. The number of fused-ring (bicyclic) bond motifs is 8. The van der Waals surface area contributed by atoms with Crippen LogP contribution in [0, 0.1) is 68.6 Å². The number of nitriles is 4. The van der Waals surface area contributed by atoms with Gasteiger partial charge < -0.3 is 0 Å². The molecule has 20 heteroatoms. The van der Waals surface area contributed by atoms with Crippen LogP contribution in [-0.4, -0.2) is 11.6 Å². The first-order valence-electron chi connectivity index (χ1n) is 37.1. The number of carbonyl (C=O) groups is 2. The highest BCUT2D eigenvalue weighted by Crippen LogP contribution is 2.61. The number of allylic oxidation sites excluding steroid dienone is 6. The molecule has 550 valence electrons. The lowest BCUT2D eigenvalue weighted by molar-refractivity contribution is 0.103. The van der Waals surface area contributed by atoms with Gasteiger partial charge in [0.1, 0.15) is 35.4 Å². The molecule has 0 aliphatic heterocycles. The number of halogens is 4. The summed E-state index contributed by atoms with van der Waals surface area (Å²) in [7, 11) is 0. The third-order valence-corrected chi connectivity index (χ3v) is 32.3. The summed E-state index contributed by atoms with van der Waals surface area (Å²) in [5.74, 6) is -3.32. The Morgan fingerprint density at radius 3 is 0.898 bits per heavy atom. The molecule has 0 fully saturated rings. The Morgan fingerprint density at radius 2 is 0.611 bits per heavy atom. The molecule has 0 radical (unpaired) electrons. The first-order valence-corrected chi connectivity index (χ1v) is 45.9. The Bertz CT molecular complexity index is 4880. The fourth-order valence-corrected chi connectivity index (χ4v) is 25.9. The predicted octanol–water partition coefficient (Wildman–Crippen LogP) is 28.4. The second kappa shape index (κ2) is 36.7. The number of thioether (sulfide) groups is 4. The molecule has 6 nitrogen and oxygen atoms in total. The fraction of sp³-hybridized carbons (Fsp3) is 0.318. The second-order valence-electron chi connectivity index (χ2n) is 27.3. The summed E-state index contributed by atoms with van der Waals surface area (Å²) in [4.78, 5) is 43.0. The van der Waals surface area contributed by atoms with Crippen LogP contribution in [0.1, 0.15) is 233 Å². The van der Waals surface area contributed by atoms with Gasteiger partial charge in [0.15, 0.2) is 34.8 Å². The average Bonchev–Trinajstić information content (AvgIpc) is 1.55. The Morgan fingerprint density at radius 1 is 0.333 bits per heavy atom. The van der Waals surface area contributed by atoms with Gasteiger partial charge in [0, 0.05) is 157 Å². The van der Waals surface area contributed by atoms with E-state index in [1.54, 1.807) is 59.2 Å². The molecular formula is C88H78F4N4O2S10. The molecule has 0 amide bonds. The molecule has 0 unspecified atom stereocenters. The molecule has 0 bridgehead atoms. The molecule has 0 N–H and O–H groups in total. The lowest BCUT2D eigenvalue weighted by Crippen LogP contribution is -1.97. The zero-order valence-corrected chi connectivity index (χ0v) is 68.7. The van der Waals surface area contributed by atoms with Crippen LogP contribution in [0.2, 0.25) is 0 Å². The highest BCUT2D eigenvalue weighted by Gasteiger charge is 2.40. The lowest BCUT2D eigenvalue weighted by atomic mass is 9.98. The van der Waals surface area contributed by atoms with Crippen LogP contribution >= 0.6 is 115 Å². The molecule has 0 spiro atoms. The smallest absolute Gasteiger partial charge is 0.194 e. The zero-order valence-electron chi connectivity index (χ0n) is 60.6. The van der Waals surface area contributed by atoms with Crippen molar-refractivity contribution in [2.75, 3.05) is 0 Å². The van der Waals surface area contributed by atoms with Crippen molar-refractivity contribution in [3.8, 4) is 45.2 Å². The van der Waals surface area contributed by atoms with E-state index in [0.29, 0.717) is 32.8 Å². The standard InChI is InChI=1S/C88H78F4N4O2S10/c1-5-9-13-17-21-53-25-29-57(103-53)47-99-87(100-48-58-30-26-54(104-58)22-18-14-10-6-2)81-63-37-70-64(38-69(63)85-73(81)35-61(107-85)33-71-79(51(43-93)44-94)65-39-75(89)77(91)41-67(65)83(71)97)82(74-36-62(108-86(70)74)34-72-80(52(45-95)46-96)66-40-76(90)78(92)42-68(66)84(72)98)88(101-49-59-31-27-55(105-59)23-19-15-11-7-3)102-50-60-32-28-56(106-60)24-20-16-12-8-4/h25-42H,5-24,47-50H2,1-4H3/b71-33-,72-34-. The minimum Gasteiger partial charge on any atom is -0.289 e. The predicted molar refractivity (Wildman–Crippen MR) is 453 cm³/mol. The number of nitrogens with zero attached hydrogens (tertiary/aromatic N) is 4. The minimum atomic E-state index is -1.22. The van der Waals surface area contributed by atoms with Crippen molar-refractivity contribution in [1.29, 1.82) is 21.0 Å². The van der Waals surface area contributed by atoms with Crippen molar-refractivity contribution >= 4 is 161 Å². The van der Waals surface area contributed by atoms with E-state index in [1.165, 1.54) is 113 Å². The minimum absolute atomic E-state index is 0.00693. The number of Topliss-reactive ketones (excluding diaryl/α,β-unsaturated/α-hetero) is 2. The van der Waals surface area contributed by atoms with E-state index in [2.05, 4.69) is 100 Å². The molecule has 3 aromatic carbocycles. The third-order valence-electron chi connectivity index (χ3n) is 19.7. The van der Waals surface area contributed by atoms with Gasteiger partial charge in [-0.1, -0.05) is 105 Å². The topological polar surface area (TPSA) is 129 Å². The molecule has 4 aliphatic rings. The SMILES string of the molecule is CCCCCCc1ccc(CSC(SCc2ccc(CCCCCC)s2)=C2c3cc4c(cc3-c3sc(/C=C5\C(=O)c6cc(F)c(F)cc6C5=C(C#N)C#N)cc32)C(=C(SCc2ccc(CCCCCC)s2)SCc2ccc(CCCCCC)s2)c2cc(/C=C3\C(=O)c5cc(F)c(F)cc5C3=C(C#N)C#N)sc2-4)s1. The molecule has 9 aromatic rings. The van der Waals surface area contributed by atoms with Gasteiger partial charge in [-0.2, -0.15) is 21.0 Å². The van der Waals surface area contributed by atoms with Crippen LogP contribution in [-0.2, 0) is 48.7 Å². The van der Waals surface area contributed by atoms with Crippen LogP contribution in [0.25, 0.3) is 55.3 Å². The van der Waals surface area contributed by atoms with Gasteiger partial charge in [0.25, 0.3) is 0 Å². The van der Waals surface area contributed by atoms with E-state index in [9.17, 15) is 30.6 Å². The maximum atomic E-state index is 15.2. The molecule has 6 heterocycles. The fourth-order valence-electron chi connectivity index (χ4n) is 14.3. The van der Waals surface area contributed by atoms with Crippen molar-refractivity contribution in [3.05, 3.63) is 244 Å². The van der Waals surface area contributed by atoms with E-state index >= 15 is 17.6 Å². The van der Waals surface area contributed by atoms with E-state index in [0.717, 1.165) is 164 Å². The summed E-state index contributed by atoms with van der Waals surface area (Å²) < 4.78 is 63.0. The van der Waals surface area contributed by atoms with E-state index in [-0.39, 0.29) is 44.5 Å². The van der Waals surface area contributed by atoms with Gasteiger partial charge in [-0.3, -0.25) is 9.59 Å². The zero-order chi connectivity index (χ0) is 75.5. The first kappa shape index (κ1) is 78.8. The van der Waals surface area contributed by atoms with Gasteiger partial charge in [-0.25, -0.2) is 17.6 Å². The van der Waals surface area contributed by atoms with Crippen molar-refractivity contribution in [1.82, 2.24) is 0 Å². The molecule has 0 saturated carbocycles. The van der Waals surface area contributed by atoms with Gasteiger partial charge in [0.2, 0.25) is 0 Å². The van der Waals surface area contributed by atoms with E-state index in [1.807, 2.05) is 69.6 Å². The number of thiophene rings is 6. The van der Waals surface area contributed by atoms with Crippen LogP contribution in [0.5, 0.6) is 0 Å². The quantitative estimate of drug-likeness (QED) is 0.0166. The normalized spacial score (nSPS) is 13.8. The third kappa shape index (κ3) is 17.4. The molecule has 6 aromatic heterocycles. The monoisotopic (exact) mass is 1620 g/mol. The molecular weight excluding hydrogens is 1540 g/mol. The summed E-state index contributed by atoms with van der Waals surface area (Å²) in [5.41, 5.74) is 6.56. The Balaban J connectivity index is 1.03. The molecule has 108 heavy (non-hydrogen) atoms. The van der Waals surface area contributed by atoms with Gasteiger partial charge >= 0.3 is 0 Å². The van der Waals surface area contributed by atoms with Crippen molar-refractivity contribution < 1.29 is 27.2 Å². The number of unbranched alkanes of at least 4 members (excludes halogenated alkanes) is 12. The number of hydrogen-bond donors (Lipinski definition) is 0. The van der Waals surface area contributed by atoms with Gasteiger partial charge in [-0.15, -0.1) is 115 Å². The van der Waals surface area contributed by atoms with E-state index < -0.39 is 46.0 Å². The molecule has 0 atom stereocenters. The van der Waals surface area contributed by atoms with Crippen LogP contribution < -0.4 is 0 Å². The van der Waals surface area contributed by atoms with Crippen molar-refractivity contribution in [2.24, 2.45) is 0 Å². The van der Waals surface area contributed by atoms with Crippen LogP contribution in [0.15, 0.2) is 128 Å². The van der Waals surface area contributed by atoms with Gasteiger partial charge in [-0.05, 0) is 183 Å². The lowest BCUT2D eigenvalue weighted by Gasteiger charge is -2.15. The first-order chi connectivity index (χ1) is 52.6. The summed E-state index contributed by atoms with van der Waals surface area (Å²) >= 11 is 17.6. The second-order valence-corrected chi connectivity index (χ2v) is 38.9. The maximum absolute atomic E-state index is 15.2. The molecule has 4 aliphatic carbocycles. The van der Waals surface area contributed by atoms with E-state index in [4.69, 9.17) is 0 Å². The van der Waals surface area contributed by atoms with Gasteiger partial charge in [0.05, 0.1) is 0 Å². The van der Waals surface area contributed by atoms with Crippen molar-refractivity contribution in [2.45, 2.75) is 179 Å². The van der Waals surface area contributed by atoms with Crippen LogP contribution in [0.4, 0.5) is 17.6 Å². The number of ketones is 2. The Kier molecular flexibility index (Phi) is 26.8. The van der Waals surface area contributed by atoms with Crippen LogP contribution in [0.3, 0.4) is 0 Å². The number of hydrogen-bond acceptors (Lipinski definition) is 16. The number of carbonyl (C=O) groups excluding carboxylic acids is 2. The molecule has 13 rings (SSSR count). The number of benzene rings is 3. The maximum Gasteiger partial charge on any atom is 0.194 e. The Labute approximate surface area is 671 Å². The number of rotatable bonds is 34. The summed E-state index contributed by atoms with van der Waals surface area (Å²) in [6, 6.07) is 38.1. The summed E-state index contributed by atoms with van der Waals surface area (Å²) in [5, 5.41) is 41.7. The summed E-state index contributed by atoms with van der Waals surface area (Å²) in [6.07, 6.45) is 26.1. The Hall–Kier alpha value is -7.28. The summed E-state index contributed by atoms with van der Waals surface area (Å²) in [6.45, 7) is 8.91. The highest BCUT2D eigenvalue weighted by molar-refractivity contribution is 8.22. The highest BCUT2D eigenvalue weighted by atomic mass is 32.2. The average molecular weight is 1620 g/mol. The van der Waals surface area contributed by atoms with Crippen molar-refractivity contribution in [3.63, 3.8) is 0 Å². The molecule has 0 saturated heterocycles. The largest absolute Gasteiger partial charge is 0.289 e.